The Balaban J connectivity index is 1.39. The van der Waals surface area contributed by atoms with Crippen molar-refractivity contribution in [2.45, 2.75) is 51.9 Å². The molecule has 0 radical (unpaired) electrons. The first kappa shape index (κ1) is 23.5. The molecule has 1 amide bonds. The van der Waals surface area contributed by atoms with E-state index in [0.29, 0.717) is 22.9 Å². The van der Waals surface area contributed by atoms with E-state index in [1.807, 2.05) is 38.1 Å². The molecule has 0 aromatic heterocycles. The number of carbonyl (C=O) groups is 2. The minimum Gasteiger partial charge on any atom is -0.326 e. The number of carbonyl (C=O) groups excluding carboxylic acids is 2. The van der Waals surface area contributed by atoms with Gasteiger partial charge in [-0.3, -0.25) is 9.59 Å². The molecule has 1 aliphatic rings. The second-order valence-corrected chi connectivity index (χ2v) is 9.15. The van der Waals surface area contributed by atoms with Crippen LogP contribution in [0.4, 0.5) is 5.69 Å². The molecule has 2 aromatic rings. The Bertz CT molecular complexity index is 888. The van der Waals surface area contributed by atoms with Crippen LogP contribution in [0.3, 0.4) is 0 Å². The Morgan fingerprint density at radius 1 is 1.06 bits per heavy atom. The summed E-state index contributed by atoms with van der Waals surface area (Å²) in [5.41, 5.74) is 2.84. The van der Waals surface area contributed by atoms with Crippen molar-refractivity contribution in [1.29, 1.82) is 0 Å². The van der Waals surface area contributed by atoms with Gasteiger partial charge in [0.2, 0.25) is 5.91 Å². The number of amides is 1. The van der Waals surface area contributed by atoms with Gasteiger partial charge in [0.25, 0.3) is 0 Å². The number of benzene rings is 2. The van der Waals surface area contributed by atoms with Crippen LogP contribution in [-0.2, 0) is 4.79 Å². The van der Waals surface area contributed by atoms with Crippen LogP contribution >= 0.6 is 11.6 Å². The summed E-state index contributed by atoms with van der Waals surface area (Å²) in [5.74, 6) is 0.703. The molecule has 1 N–H and O–H groups in total. The van der Waals surface area contributed by atoms with Gasteiger partial charge in [-0.2, -0.15) is 0 Å². The number of Topliss-reactive ketones (excluding diaryl/α,β-unsaturated/α-hetero) is 1. The van der Waals surface area contributed by atoms with Crippen molar-refractivity contribution in [3.63, 3.8) is 0 Å². The molecule has 0 spiro atoms. The first-order chi connectivity index (χ1) is 14.9. The monoisotopic (exact) mass is 440 g/mol. The zero-order chi connectivity index (χ0) is 22.2. The molecule has 1 saturated heterocycles. The summed E-state index contributed by atoms with van der Waals surface area (Å²) in [4.78, 5) is 26.8. The SMILES string of the molecule is CC(C)C(=O)Nc1cccc(C2CCN(CCCCC(=O)c3ccccc3Cl)CC2)c1. The Labute approximate surface area is 191 Å². The van der Waals surface area contributed by atoms with Crippen LogP contribution in [0, 0.1) is 5.92 Å². The van der Waals surface area contributed by atoms with Crippen LogP contribution in [0.5, 0.6) is 0 Å². The molecule has 166 valence electrons. The van der Waals surface area contributed by atoms with Crippen LogP contribution in [-0.4, -0.2) is 36.2 Å². The summed E-state index contributed by atoms with van der Waals surface area (Å²) in [6, 6.07) is 15.6. The lowest BCUT2D eigenvalue weighted by Gasteiger charge is -2.32. The third kappa shape index (κ3) is 6.91. The van der Waals surface area contributed by atoms with E-state index in [1.54, 1.807) is 12.1 Å². The van der Waals surface area contributed by atoms with Crippen LogP contribution in [0.25, 0.3) is 0 Å². The molecule has 0 unspecified atom stereocenters. The molecule has 2 aromatic carbocycles. The smallest absolute Gasteiger partial charge is 0.226 e. The summed E-state index contributed by atoms with van der Waals surface area (Å²) in [6.45, 7) is 6.99. The zero-order valence-electron chi connectivity index (χ0n) is 18.6. The summed E-state index contributed by atoms with van der Waals surface area (Å²) in [7, 11) is 0. The number of likely N-dealkylation sites (tertiary alicyclic amines) is 1. The molecule has 1 fully saturated rings. The van der Waals surface area contributed by atoms with Crippen molar-refractivity contribution in [2.75, 3.05) is 25.0 Å². The standard InChI is InChI=1S/C26H33ClN2O2/c1-19(2)26(31)28-22-9-7-8-21(18-22)20-13-16-29(17-14-20)15-6-5-12-25(30)23-10-3-4-11-24(23)27/h3-4,7-11,18-20H,5-6,12-17H2,1-2H3,(H,28,31). The molecule has 3 rings (SSSR count). The fraction of sp³-hybridized carbons (Fsp3) is 0.462. The first-order valence-corrected chi connectivity index (χ1v) is 11.7. The lowest BCUT2D eigenvalue weighted by atomic mass is 9.89. The average Bonchev–Trinajstić information content (AvgIpc) is 2.77. The minimum atomic E-state index is -0.0214. The highest BCUT2D eigenvalue weighted by Crippen LogP contribution is 2.30. The number of halogens is 1. The van der Waals surface area contributed by atoms with Crippen molar-refractivity contribution >= 4 is 29.0 Å². The summed E-state index contributed by atoms with van der Waals surface area (Å²) >= 11 is 6.12. The Morgan fingerprint density at radius 3 is 2.52 bits per heavy atom. The number of ketones is 1. The van der Waals surface area contributed by atoms with Gasteiger partial charge in [-0.25, -0.2) is 0 Å². The van der Waals surface area contributed by atoms with Crippen molar-refractivity contribution in [2.24, 2.45) is 5.92 Å². The molecule has 0 atom stereocenters. The number of hydrogen-bond acceptors (Lipinski definition) is 3. The maximum absolute atomic E-state index is 12.3. The number of unbranched alkanes of at least 4 members (excludes halogenated alkanes) is 1. The number of hydrogen-bond donors (Lipinski definition) is 1. The van der Waals surface area contributed by atoms with Gasteiger partial charge in [-0.05, 0) is 81.1 Å². The number of piperidine rings is 1. The van der Waals surface area contributed by atoms with Crippen molar-refractivity contribution < 1.29 is 9.59 Å². The zero-order valence-corrected chi connectivity index (χ0v) is 19.3. The molecular weight excluding hydrogens is 408 g/mol. The number of nitrogens with one attached hydrogen (secondary N) is 1. The second-order valence-electron chi connectivity index (χ2n) is 8.75. The fourth-order valence-electron chi connectivity index (χ4n) is 4.09. The van der Waals surface area contributed by atoms with Crippen molar-refractivity contribution in [1.82, 2.24) is 4.90 Å². The largest absolute Gasteiger partial charge is 0.326 e. The molecule has 31 heavy (non-hydrogen) atoms. The van der Waals surface area contributed by atoms with Crippen LogP contribution in [0.1, 0.15) is 67.8 Å². The quantitative estimate of drug-likeness (QED) is 0.374. The van der Waals surface area contributed by atoms with Crippen LogP contribution in [0.2, 0.25) is 5.02 Å². The Kier molecular flexibility index (Phi) is 8.68. The third-order valence-electron chi connectivity index (χ3n) is 6.04. The molecular formula is C26H33ClN2O2. The highest BCUT2D eigenvalue weighted by Gasteiger charge is 2.21. The van der Waals surface area contributed by atoms with Gasteiger partial charge in [0.15, 0.2) is 5.78 Å². The molecule has 5 heteroatoms. The molecule has 0 aliphatic carbocycles. The summed E-state index contributed by atoms with van der Waals surface area (Å²) in [5, 5.41) is 3.55. The van der Waals surface area contributed by atoms with E-state index in [9.17, 15) is 9.59 Å². The van der Waals surface area contributed by atoms with E-state index in [2.05, 4.69) is 22.3 Å². The Morgan fingerprint density at radius 2 is 1.81 bits per heavy atom. The highest BCUT2D eigenvalue weighted by atomic mass is 35.5. The third-order valence-corrected chi connectivity index (χ3v) is 6.37. The number of nitrogens with zero attached hydrogens (tertiary/aromatic N) is 1. The maximum Gasteiger partial charge on any atom is 0.226 e. The van der Waals surface area contributed by atoms with Crippen LogP contribution < -0.4 is 5.32 Å². The van der Waals surface area contributed by atoms with Gasteiger partial charge < -0.3 is 10.2 Å². The predicted octanol–water partition coefficient (Wildman–Crippen LogP) is 6.17. The van der Waals surface area contributed by atoms with Gasteiger partial charge in [0, 0.05) is 23.6 Å². The molecule has 1 aliphatic heterocycles. The van der Waals surface area contributed by atoms with E-state index in [4.69, 9.17) is 11.6 Å². The molecule has 4 nitrogen and oxygen atoms in total. The van der Waals surface area contributed by atoms with E-state index in [-0.39, 0.29) is 17.6 Å². The van der Waals surface area contributed by atoms with Gasteiger partial charge in [-0.1, -0.05) is 49.7 Å². The highest BCUT2D eigenvalue weighted by molar-refractivity contribution is 6.33. The number of anilines is 1. The van der Waals surface area contributed by atoms with E-state index in [1.165, 1.54) is 5.56 Å². The van der Waals surface area contributed by atoms with Gasteiger partial charge in [-0.15, -0.1) is 0 Å². The fourth-order valence-corrected chi connectivity index (χ4v) is 4.33. The summed E-state index contributed by atoms with van der Waals surface area (Å²) < 4.78 is 0. The molecule has 0 bridgehead atoms. The topological polar surface area (TPSA) is 49.4 Å². The van der Waals surface area contributed by atoms with Gasteiger partial charge in [0.05, 0.1) is 5.02 Å². The minimum absolute atomic E-state index is 0.0214. The Hall–Kier alpha value is -2.17. The van der Waals surface area contributed by atoms with Crippen LogP contribution in [0.15, 0.2) is 48.5 Å². The predicted molar refractivity (Wildman–Crippen MR) is 128 cm³/mol. The van der Waals surface area contributed by atoms with Crippen molar-refractivity contribution in [3.8, 4) is 0 Å². The first-order valence-electron chi connectivity index (χ1n) is 11.3. The average molecular weight is 441 g/mol. The van der Waals surface area contributed by atoms with Gasteiger partial charge in [0.1, 0.15) is 0 Å². The lowest BCUT2D eigenvalue weighted by molar-refractivity contribution is -0.118. The maximum atomic E-state index is 12.3. The second kappa shape index (κ2) is 11.4. The van der Waals surface area contributed by atoms with Crippen molar-refractivity contribution in [3.05, 3.63) is 64.7 Å². The normalized spacial score (nSPS) is 15.2. The lowest BCUT2D eigenvalue weighted by Crippen LogP contribution is -2.33. The number of rotatable bonds is 9. The van der Waals surface area contributed by atoms with Gasteiger partial charge >= 0.3 is 0 Å². The molecule has 0 saturated carbocycles. The van der Waals surface area contributed by atoms with E-state index in [0.717, 1.165) is 51.0 Å². The van der Waals surface area contributed by atoms with E-state index >= 15 is 0 Å². The molecule has 1 heterocycles. The van der Waals surface area contributed by atoms with E-state index < -0.39 is 0 Å². The summed E-state index contributed by atoms with van der Waals surface area (Å²) in [6.07, 6.45) is 4.72.